The summed E-state index contributed by atoms with van der Waals surface area (Å²) in [5.41, 5.74) is 1.42. The van der Waals surface area contributed by atoms with Crippen molar-refractivity contribution in [2.24, 2.45) is 0 Å². The quantitative estimate of drug-likeness (QED) is 0.594. The fraction of sp³-hybridized carbons (Fsp3) is 0.769. The SMILES string of the molecule is CCCCCc1cncn1CCCCC. The Bertz CT molecular complexity index is 228. The van der Waals surface area contributed by atoms with E-state index in [1.807, 2.05) is 12.5 Å². The van der Waals surface area contributed by atoms with E-state index in [0.717, 1.165) is 6.54 Å². The molecular weight excluding hydrogens is 184 g/mol. The van der Waals surface area contributed by atoms with Crippen LogP contribution in [0.4, 0.5) is 0 Å². The van der Waals surface area contributed by atoms with E-state index in [1.165, 1.54) is 50.6 Å². The van der Waals surface area contributed by atoms with Crippen LogP contribution < -0.4 is 0 Å². The largest absolute Gasteiger partial charge is 0.335 e. The van der Waals surface area contributed by atoms with E-state index in [-0.39, 0.29) is 0 Å². The minimum absolute atomic E-state index is 1.15. The van der Waals surface area contributed by atoms with Crippen LogP contribution in [-0.4, -0.2) is 9.55 Å². The van der Waals surface area contributed by atoms with E-state index < -0.39 is 0 Å². The Morgan fingerprint density at radius 1 is 1.07 bits per heavy atom. The molecule has 0 fully saturated rings. The molecule has 0 atom stereocenters. The second-order valence-electron chi connectivity index (χ2n) is 4.24. The van der Waals surface area contributed by atoms with Gasteiger partial charge in [0.05, 0.1) is 6.33 Å². The standard InChI is InChI=1S/C13H24N2/c1-3-5-7-9-13-11-14-12-15(13)10-8-6-4-2/h11-12H,3-10H2,1-2H3. The molecule has 1 aromatic rings. The number of unbranched alkanes of at least 4 members (excludes halogenated alkanes) is 4. The molecule has 0 saturated carbocycles. The van der Waals surface area contributed by atoms with Gasteiger partial charge in [-0.25, -0.2) is 4.98 Å². The number of hydrogen-bond donors (Lipinski definition) is 0. The van der Waals surface area contributed by atoms with Gasteiger partial charge in [-0.3, -0.25) is 0 Å². The van der Waals surface area contributed by atoms with E-state index in [1.54, 1.807) is 0 Å². The predicted octanol–water partition coefficient (Wildman–Crippen LogP) is 3.81. The molecule has 0 N–H and O–H groups in total. The first-order valence-electron chi connectivity index (χ1n) is 6.37. The Morgan fingerprint density at radius 3 is 2.53 bits per heavy atom. The van der Waals surface area contributed by atoms with Gasteiger partial charge in [-0.05, 0) is 19.3 Å². The molecule has 1 rings (SSSR count). The highest BCUT2D eigenvalue weighted by Gasteiger charge is 2.00. The van der Waals surface area contributed by atoms with Crippen LogP contribution in [0.25, 0.3) is 0 Å². The van der Waals surface area contributed by atoms with E-state index in [2.05, 4.69) is 23.4 Å². The highest BCUT2D eigenvalue weighted by molar-refractivity contribution is 4.98. The number of hydrogen-bond acceptors (Lipinski definition) is 1. The third-order valence-corrected chi connectivity index (χ3v) is 2.84. The molecule has 15 heavy (non-hydrogen) atoms. The van der Waals surface area contributed by atoms with Crippen LogP contribution in [0.15, 0.2) is 12.5 Å². The summed E-state index contributed by atoms with van der Waals surface area (Å²) in [7, 11) is 0. The molecule has 0 bridgehead atoms. The van der Waals surface area contributed by atoms with Crippen LogP contribution in [-0.2, 0) is 13.0 Å². The van der Waals surface area contributed by atoms with Gasteiger partial charge >= 0.3 is 0 Å². The lowest BCUT2D eigenvalue weighted by Crippen LogP contribution is -2.02. The summed E-state index contributed by atoms with van der Waals surface area (Å²) in [6, 6.07) is 0. The van der Waals surface area contributed by atoms with Crippen LogP contribution in [0.2, 0.25) is 0 Å². The first kappa shape index (κ1) is 12.3. The number of rotatable bonds is 8. The van der Waals surface area contributed by atoms with Crippen LogP contribution >= 0.6 is 0 Å². The lowest BCUT2D eigenvalue weighted by molar-refractivity contribution is 0.574. The fourth-order valence-corrected chi connectivity index (χ4v) is 1.85. The van der Waals surface area contributed by atoms with Gasteiger partial charge in [0.25, 0.3) is 0 Å². The normalized spacial score (nSPS) is 10.8. The number of aryl methyl sites for hydroxylation is 2. The monoisotopic (exact) mass is 208 g/mol. The third kappa shape index (κ3) is 4.50. The molecule has 86 valence electrons. The molecular formula is C13H24N2. The second-order valence-corrected chi connectivity index (χ2v) is 4.24. The maximum atomic E-state index is 4.24. The zero-order valence-corrected chi connectivity index (χ0v) is 10.2. The first-order chi connectivity index (χ1) is 7.38. The minimum Gasteiger partial charge on any atom is -0.335 e. The van der Waals surface area contributed by atoms with Gasteiger partial charge in [0, 0.05) is 18.4 Å². The maximum Gasteiger partial charge on any atom is 0.0948 e. The summed E-state index contributed by atoms with van der Waals surface area (Å²) in [6.45, 7) is 5.64. The van der Waals surface area contributed by atoms with Crippen molar-refractivity contribution in [3.05, 3.63) is 18.2 Å². The Hall–Kier alpha value is -0.790. The van der Waals surface area contributed by atoms with Crippen molar-refractivity contribution in [1.82, 2.24) is 9.55 Å². The zero-order valence-electron chi connectivity index (χ0n) is 10.2. The topological polar surface area (TPSA) is 17.8 Å². The molecule has 0 aromatic carbocycles. The van der Waals surface area contributed by atoms with Crippen molar-refractivity contribution in [2.45, 2.75) is 65.3 Å². The molecule has 1 aromatic heterocycles. The molecule has 0 aliphatic heterocycles. The molecule has 0 amide bonds. The molecule has 0 saturated heterocycles. The average molecular weight is 208 g/mol. The summed E-state index contributed by atoms with van der Waals surface area (Å²) >= 11 is 0. The number of nitrogens with zero attached hydrogens (tertiary/aromatic N) is 2. The fourth-order valence-electron chi connectivity index (χ4n) is 1.85. The minimum atomic E-state index is 1.15. The molecule has 0 spiro atoms. The van der Waals surface area contributed by atoms with Crippen molar-refractivity contribution in [1.29, 1.82) is 0 Å². The van der Waals surface area contributed by atoms with Crippen molar-refractivity contribution in [3.8, 4) is 0 Å². The van der Waals surface area contributed by atoms with Crippen LogP contribution in [0.3, 0.4) is 0 Å². The Labute approximate surface area is 93.7 Å². The third-order valence-electron chi connectivity index (χ3n) is 2.84. The Morgan fingerprint density at radius 2 is 1.80 bits per heavy atom. The first-order valence-corrected chi connectivity index (χ1v) is 6.37. The highest BCUT2D eigenvalue weighted by Crippen LogP contribution is 2.08. The maximum absolute atomic E-state index is 4.24. The van der Waals surface area contributed by atoms with Gasteiger partial charge in [0.1, 0.15) is 0 Å². The molecule has 2 nitrogen and oxygen atoms in total. The Balaban J connectivity index is 2.32. The molecule has 0 aliphatic carbocycles. The van der Waals surface area contributed by atoms with Gasteiger partial charge in [0.15, 0.2) is 0 Å². The van der Waals surface area contributed by atoms with E-state index in [0.29, 0.717) is 0 Å². The molecule has 1 heterocycles. The lowest BCUT2D eigenvalue weighted by Gasteiger charge is -2.07. The van der Waals surface area contributed by atoms with E-state index >= 15 is 0 Å². The van der Waals surface area contributed by atoms with Crippen molar-refractivity contribution >= 4 is 0 Å². The summed E-state index contributed by atoms with van der Waals surface area (Å²) in [4.78, 5) is 4.24. The molecule has 0 aliphatic rings. The molecule has 0 radical (unpaired) electrons. The van der Waals surface area contributed by atoms with Gasteiger partial charge in [-0.15, -0.1) is 0 Å². The number of aromatic nitrogens is 2. The lowest BCUT2D eigenvalue weighted by atomic mass is 10.1. The summed E-state index contributed by atoms with van der Waals surface area (Å²) < 4.78 is 2.32. The van der Waals surface area contributed by atoms with E-state index in [4.69, 9.17) is 0 Å². The Kier molecular flexibility index (Phi) is 6.14. The predicted molar refractivity (Wildman–Crippen MR) is 65.0 cm³/mol. The van der Waals surface area contributed by atoms with Gasteiger partial charge < -0.3 is 4.57 Å². The summed E-state index contributed by atoms with van der Waals surface area (Å²) in [5, 5.41) is 0. The molecule has 2 heteroatoms. The van der Waals surface area contributed by atoms with Crippen LogP contribution in [0.5, 0.6) is 0 Å². The van der Waals surface area contributed by atoms with Gasteiger partial charge in [-0.1, -0.05) is 39.5 Å². The van der Waals surface area contributed by atoms with Gasteiger partial charge in [-0.2, -0.15) is 0 Å². The summed E-state index contributed by atoms with van der Waals surface area (Å²) in [5.74, 6) is 0. The second kappa shape index (κ2) is 7.49. The van der Waals surface area contributed by atoms with Crippen LogP contribution in [0.1, 0.15) is 58.1 Å². The average Bonchev–Trinajstić information content (AvgIpc) is 2.67. The van der Waals surface area contributed by atoms with Crippen molar-refractivity contribution in [2.75, 3.05) is 0 Å². The molecule has 0 unspecified atom stereocenters. The highest BCUT2D eigenvalue weighted by atomic mass is 15.0. The number of imidazole rings is 1. The van der Waals surface area contributed by atoms with Crippen molar-refractivity contribution in [3.63, 3.8) is 0 Å². The zero-order chi connectivity index (χ0) is 10.9. The van der Waals surface area contributed by atoms with Crippen LogP contribution in [0, 0.1) is 0 Å². The smallest absolute Gasteiger partial charge is 0.0948 e. The van der Waals surface area contributed by atoms with E-state index in [9.17, 15) is 0 Å². The summed E-state index contributed by atoms with van der Waals surface area (Å²) in [6.07, 6.45) is 13.0. The van der Waals surface area contributed by atoms with Gasteiger partial charge in [0.2, 0.25) is 0 Å². The van der Waals surface area contributed by atoms with Crippen molar-refractivity contribution < 1.29 is 0 Å².